The summed E-state index contributed by atoms with van der Waals surface area (Å²) in [6, 6.07) is 0.880. The second-order valence-corrected chi connectivity index (χ2v) is 4.96. The molecule has 0 aromatic carbocycles. The second kappa shape index (κ2) is 6.83. The fourth-order valence-electron chi connectivity index (χ4n) is 2.41. The molecule has 0 amide bonds. The second-order valence-electron chi connectivity index (χ2n) is 4.96. The van der Waals surface area contributed by atoms with E-state index in [1.807, 2.05) is 4.90 Å². The van der Waals surface area contributed by atoms with Crippen LogP contribution < -0.4 is 10.2 Å². The van der Waals surface area contributed by atoms with Gasteiger partial charge in [0.25, 0.3) is 0 Å². The number of ether oxygens (including phenoxy) is 1. The zero-order valence-electron chi connectivity index (χ0n) is 12.0. The van der Waals surface area contributed by atoms with Gasteiger partial charge in [-0.1, -0.05) is 6.92 Å². The van der Waals surface area contributed by atoms with Crippen molar-refractivity contribution in [3.05, 3.63) is 17.7 Å². The zero-order valence-corrected chi connectivity index (χ0v) is 12.0. The molecule has 1 aliphatic rings. The molecule has 20 heavy (non-hydrogen) atoms. The summed E-state index contributed by atoms with van der Waals surface area (Å²) in [5.41, 5.74) is 0. The van der Waals surface area contributed by atoms with Gasteiger partial charge in [-0.05, 0) is 19.3 Å². The van der Waals surface area contributed by atoms with Crippen LogP contribution >= 0.6 is 0 Å². The first-order valence-corrected chi connectivity index (χ1v) is 7.06. The fourth-order valence-corrected chi connectivity index (χ4v) is 2.41. The van der Waals surface area contributed by atoms with E-state index in [9.17, 15) is 8.78 Å². The van der Waals surface area contributed by atoms with E-state index in [0.717, 1.165) is 25.3 Å². The third-order valence-electron chi connectivity index (χ3n) is 3.38. The van der Waals surface area contributed by atoms with E-state index in [0.29, 0.717) is 19.7 Å². The molecule has 1 saturated heterocycles. The minimum Gasteiger partial charge on any atom is -0.376 e. The highest BCUT2D eigenvalue weighted by Gasteiger charge is 2.24. The molecule has 0 saturated carbocycles. The highest BCUT2D eigenvalue weighted by molar-refractivity contribution is 5.49. The van der Waals surface area contributed by atoms with Gasteiger partial charge in [0.15, 0.2) is 23.3 Å². The molecule has 1 aliphatic heterocycles. The summed E-state index contributed by atoms with van der Waals surface area (Å²) in [4.78, 5) is 5.87. The molecular weight excluding hydrogens is 264 g/mol. The number of anilines is 2. The lowest BCUT2D eigenvalue weighted by molar-refractivity contribution is 0.0438. The van der Waals surface area contributed by atoms with Crippen LogP contribution in [-0.2, 0) is 4.74 Å². The van der Waals surface area contributed by atoms with Crippen molar-refractivity contribution in [1.82, 2.24) is 4.98 Å². The summed E-state index contributed by atoms with van der Waals surface area (Å²) in [5, 5.41) is 2.64. The van der Waals surface area contributed by atoms with E-state index in [4.69, 9.17) is 4.74 Å². The molecule has 1 atom stereocenters. The third kappa shape index (κ3) is 3.36. The van der Waals surface area contributed by atoms with Crippen LogP contribution in [0.2, 0.25) is 0 Å². The van der Waals surface area contributed by atoms with Crippen molar-refractivity contribution in [2.24, 2.45) is 0 Å². The van der Waals surface area contributed by atoms with E-state index in [-0.39, 0.29) is 17.7 Å². The highest BCUT2D eigenvalue weighted by Crippen LogP contribution is 2.25. The van der Waals surface area contributed by atoms with Crippen LogP contribution in [0.5, 0.6) is 0 Å². The van der Waals surface area contributed by atoms with Crippen LogP contribution in [0.15, 0.2) is 6.07 Å². The molecule has 1 fully saturated rings. The molecule has 112 valence electrons. The molecule has 2 rings (SSSR count). The van der Waals surface area contributed by atoms with Crippen LogP contribution in [0, 0.1) is 11.6 Å². The van der Waals surface area contributed by atoms with Crippen LogP contribution in [0.25, 0.3) is 0 Å². The van der Waals surface area contributed by atoms with Gasteiger partial charge in [-0.15, -0.1) is 0 Å². The van der Waals surface area contributed by atoms with E-state index >= 15 is 0 Å². The van der Waals surface area contributed by atoms with E-state index in [1.165, 1.54) is 0 Å². The topological polar surface area (TPSA) is 37.4 Å². The van der Waals surface area contributed by atoms with Gasteiger partial charge in [0.2, 0.25) is 0 Å². The van der Waals surface area contributed by atoms with Crippen molar-refractivity contribution in [1.29, 1.82) is 0 Å². The van der Waals surface area contributed by atoms with Crippen LogP contribution in [0.4, 0.5) is 20.4 Å². The normalized spacial score (nSPS) is 19.2. The predicted molar refractivity (Wildman–Crippen MR) is 75.2 cm³/mol. The maximum Gasteiger partial charge on any atom is 0.168 e. The maximum atomic E-state index is 13.9. The number of hydrogen-bond acceptors (Lipinski definition) is 4. The van der Waals surface area contributed by atoms with E-state index < -0.39 is 11.6 Å². The van der Waals surface area contributed by atoms with Crippen molar-refractivity contribution < 1.29 is 13.5 Å². The average molecular weight is 285 g/mol. The Labute approximate surface area is 118 Å². The molecule has 4 nitrogen and oxygen atoms in total. The molecule has 1 aromatic heterocycles. The molecule has 0 aliphatic carbocycles. The SMILES string of the molecule is CCCOC1CCCN(c2nc(NC)c(F)cc2F)C1. The molecule has 0 bridgehead atoms. The summed E-state index contributed by atoms with van der Waals surface area (Å²) in [6.45, 7) is 4.07. The molecule has 1 aromatic rings. The highest BCUT2D eigenvalue weighted by atomic mass is 19.1. The first-order chi connectivity index (χ1) is 9.65. The molecule has 0 spiro atoms. The van der Waals surface area contributed by atoms with Gasteiger partial charge >= 0.3 is 0 Å². The van der Waals surface area contributed by atoms with Gasteiger partial charge in [0.1, 0.15) is 0 Å². The Morgan fingerprint density at radius 2 is 2.25 bits per heavy atom. The van der Waals surface area contributed by atoms with Crippen molar-refractivity contribution in [2.75, 3.05) is 37.0 Å². The molecule has 6 heteroatoms. The zero-order chi connectivity index (χ0) is 14.5. The van der Waals surface area contributed by atoms with Crippen molar-refractivity contribution in [3.63, 3.8) is 0 Å². The van der Waals surface area contributed by atoms with Gasteiger partial charge in [-0.3, -0.25) is 0 Å². The Kier molecular flexibility index (Phi) is 5.11. The fraction of sp³-hybridized carbons (Fsp3) is 0.643. The first-order valence-electron chi connectivity index (χ1n) is 7.06. The summed E-state index contributed by atoms with van der Waals surface area (Å²) in [6.07, 6.45) is 2.94. The first kappa shape index (κ1) is 15.0. The van der Waals surface area contributed by atoms with Gasteiger partial charge in [-0.25, -0.2) is 13.8 Å². The monoisotopic (exact) mass is 285 g/mol. The van der Waals surface area contributed by atoms with Gasteiger partial charge in [0, 0.05) is 32.8 Å². The van der Waals surface area contributed by atoms with E-state index in [2.05, 4.69) is 17.2 Å². The number of rotatable bonds is 5. The number of halogens is 2. The van der Waals surface area contributed by atoms with Gasteiger partial charge in [-0.2, -0.15) is 0 Å². The largest absolute Gasteiger partial charge is 0.376 e. The summed E-state index contributed by atoms with van der Waals surface area (Å²) in [5.74, 6) is -1.04. The smallest absolute Gasteiger partial charge is 0.168 e. The van der Waals surface area contributed by atoms with Crippen LogP contribution in [-0.4, -0.2) is 37.8 Å². The van der Waals surface area contributed by atoms with Crippen molar-refractivity contribution >= 4 is 11.6 Å². The minimum atomic E-state index is -0.676. The quantitative estimate of drug-likeness (QED) is 0.902. The number of nitrogens with zero attached hydrogens (tertiary/aromatic N) is 2. The molecule has 2 heterocycles. The number of pyridine rings is 1. The number of nitrogens with one attached hydrogen (secondary N) is 1. The summed E-state index contributed by atoms with van der Waals surface area (Å²) in [7, 11) is 1.57. The number of piperidine rings is 1. The van der Waals surface area contributed by atoms with Gasteiger partial charge < -0.3 is 15.0 Å². The van der Waals surface area contributed by atoms with Crippen LogP contribution in [0.3, 0.4) is 0 Å². The third-order valence-corrected chi connectivity index (χ3v) is 3.38. The standard InChI is InChI=1S/C14H21F2N3O/c1-3-7-20-10-5-4-6-19(9-10)14-12(16)8-11(15)13(17-2)18-14/h8,10H,3-7,9H2,1-2H3,(H,17,18). The average Bonchev–Trinajstić information content (AvgIpc) is 2.45. The lowest BCUT2D eigenvalue weighted by atomic mass is 10.1. The molecule has 1 unspecified atom stereocenters. The Morgan fingerprint density at radius 3 is 2.95 bits per heavy atom. The Hall–Kier alpha value is -1.43. The predicted octanol–water partition coefficient (Wildman–Crippen LogP) is 2.80. The summed E-state index contributed by atoms with van der Waals surface area (Å²) < 4.78 is 33.1. The van der Waals surface area contributed by atoms with Crippen molar-refractivity contribution in [3.8, 4) is 0 Å². The molecule has 1 N–H and O–H groups in total. The maximum absolute atomic E-state index is 13.9. The summed E-state index contributed by atoms with van der Waals surface area (Å²) >= 11 is 0. The number of aromatic nitrogens is 1. The minimum absolute atomic E-state index is 0.0676. The van der Waals surface area contributed by atoms with E-state index in [1.54, 1.807) is 7.05 Å². The van der Waals surface area contributed by atoms with Crippen LogP contribution in [0.1, 0.15) is 26.2 Å². The Bertz CT molecular complexity index is 456. The Morgan fingerprint density at radius 1 is 1.45 bits per heavy atom. The molecular formula is C14H21F2N3O. The lowest BCUT2D eigenvalue weighted by Gasteiger charge is -2.33. The Balaban J connectivity index is 2.14. The number of hydrogen-bond donors (Lipinski definition) is 1. The van der Waals surface area contributed by atoms with Gasteiger partial charge in [0.05, 0.1) is 6.10 Å². The lowest BCUT2D eigenvalue weighted by Crippen LogP contribution is -2.40. The molecule has 0 radical (unpaired) electrons. The van der Waals surface area contributed by atoms with Crippen molar-refractivity contribution in [2.45, 2.75) is 32.3 Å².